The van der Waals surface area contributed by atoms with Crippen LogP contribution in [0.4, 0.5) is 5.69 Å². The molecule has 1 atom stereocenters. The molecule has 1 amide bonds. The maximum Gasteiger partial charge on any atom is 0.244 e. The lowest BCUT2D eigenvalue weighted by molar-refractivity contribution is -0.123. The molecule has 1 N–H and O–H groups in total. The van der Waals surface area contributed by atoms with E-state index in [9.17, 15) is 13.2 Å². The summed E-state index contributed by atoms with van der Waals surface area (Å²) in [5.41, 5.74) is 0.532. The standard InChI is InChI=1S/C19H30N2O3S/c1-3-18(19(22)20-16-12-8-5-4-6-9-13-16)21(25(2,23)24)17-14-10-7-11-15-17/h7,10-11,14-16,18H,3-6,8-9,12-13H2,1-2H3,(H,20,22)/t18-/m1/s1. The minimum absolute atomic E-state index is 0.152. The number of carbonyl (C=O) groups is 1. The first kappa shape index (κ1) is 19.8. The normalized spacial score (nSPS) is 18.0. The van der Waals surface area contributed by atoms with Gasteiger partial charge in [-0.05, 0) is 31.4 Å². The highest BCUT2D eigenvalue weighted by atomic mass is 32.2. The lowest BCUT2D eigenvalue weighted by Gasteiger charge is -2.31. The molecule has 1 saturated carbocycles. The SMILES string of the molecule is CC[C@H](C(=O)NC1CCCCCCC1)N(c1ccccc1)S(C)(=O)=O. The van der Waals surface area contributed by atoms with Crippen LogP contribution in [0.3, 0.4) is 0 Å². The van der Waals surface area contributed by atoms with Gasteiger partial charge in [-0.1, -0.05) is 57.2 Å². The second-order valence-corrected chi connectivity index (χ2v) is 8.73. The number of nitrogens with zero attached hydrogens (tertiary/aromatic N) is 1. The van der Waals surface area contributed by atoms with Gasteiger partial charge in [0.05, 0.1) is 11.9 Å². The van der Waals surface area contributed by atoms with E-state index in [0.29, 0.717) is 12.1 Å². The summed E-state index contributed by atoms with van der Waals surface area (Å²) in [7, 11) is -3.56. The van der Waals surface area contributed by atoms with E-state index >= 15 is 0 Å². The highest BCUT2D eigenvalue weighted by Gasteiger charge is 2.32. The molecule has 5 nitrogen and oxygen atoms in total. The number of sulfonamides is 1. The van der Waals surface area contributed by atoms with Gasteiger partial charge in [-0.15, -0.1) is 0 Å². The van der Waals surface area contributed by atoms with E-state index in [2.05, 4.69) is 5.32 Å². The van der Waals surface area contributed by atoms with Gasteiger partial charge in [0.15, 0.2) is 0 Å². The Labute approximate surface area is 151 Å². The Bertz CT molecular complexity index is 638. The molecule has 140 valence electrons. The van der Waals surface area contributed by atoms with E-state index in [4.69, 9.17) is 0 Å². The van der Waals surface area contributed by atoms with Crippen LogP contribution in [-0.2, 0) is 14.8 Å². The van der Waals surface area contributed by atoms with E-state index < -0.39 is 16.1 Å². The fourth-order valence-electron chi connectivity index (χ4n) is 3.53. The summed E-state index contributed by atoms with van der Waals surface area (Å²) >= 11 is 0. The van der Waals surface area contributed by atoms with E-state index in [1.54, 1.807) is 24.3 Å². The van der Waals surface area contributed by atoms with Crippen molar-refractivity contribution in [3.63, 3.8) is 0 Å². The molecule has 0 aliphatic heterocycles. The first-order chi connectivity index (χ1) is 11.9. The molecule has 1 aromatic carbocycles. The average molecular weight is 367 g/mol. The maximum absolute atomic E-state index is 12.9. The van der Waals surface area contributed by atoms with Gasteiger partial charge in [0, 0.05) is 6.04 Å². The number of anilines is 1. The Balaban J connectivity index is 2.17. The fourth-order valence-corrected chi connectivity index (χ4v) is 4.74. The number of hydrogen-bond acceptors (Lipinski definition) is 3. The summed E-state index contributed by atoms with van der Waals surface area (Å²) in [6.07, 6.45) is 9.48. The molecular weight excluding hydrogens is 336 g/mol. The van der Waals surface area contributed by atoms with Crippen LogP contribution in [0.1, 0.15) is 58.3 Å². The molecule has 0 heterocycles. The smallest absolute Gasteiger partial charge is 0.244 e. The van der Waals surface area contributed by atoms with Crippen LogP contribution in [0.2, 0.25) is 0 Å². The van der Waals surface area contributed by atoms with Gasteiger partial charge in [0.1, 0.15) is 6.04 Å². The minimum Gasteiger partial charge on any atom is -0.352 e. The van der Waals surface area contributed by atoms with Crippen LogP contribution in [-0.4, -0.2) is 32.7 Å². The van der Waals surface area contributed by atoms with Crippen molar-refractivity contribution in [1.82, 2.24) is 5.32 Å². The molecule has 0 saturated heterocycles. The molecule has 1 fully saturated rings. The zero-order valence-corrected chi connectivity index (χ0v) is 16.1. The van der Waals surface area contributed by atoms with Crippen LogP contribution >= 0.6 is 0 Å². The first-order valence-electron chi connectivity index (χ1n) is 9.28. The molecule has 2 rings (SSSR count). The van der Waals surface area contributed by atoms with E-state index in [1.165, 1.54) is 23.6 Å². The van der Waals surface area contributed by atoms with Crippen LogP contribution in [0, 0.1) is 0 Å². The second kappa shape index (κ2) is 9.22. The molecule has 1 aliphatic carbocycles. The molecule has 0 spiro atoms. The van der Waals surface area contributed by atoms with Crippen molar-refractivity contribution in [3.8, 4) is 0 Å². The molecule has 25 heavy (non-hydrogen) atoms. The third kappa shape index (κ3) is 5.73. The van der Waals surface area contributed by atoms with Crippen molar-refractivity contribution >= 4 is 21.6 Å². The molecular formula is C19H30N2O3S. The van der Waals surface area contributed by atoms with Gasteiger partial charge in [-0.2, -0.15) is 0 Å². The number of hydrogen-bond donors (Lipinski definition) is 1. The molecule has 0 unspecified atom stereocenters. The maximum atomic E-state index is 12.9. The highest BCUT2D eigenvalue weighted by Crippen LogP contribution is 2.23. The summed E-state index contributed by atoms with van der Waals surface area (Å²) in [6, 6.07) is 8.29. The third-order valence-electron chi connectivity index (χ3n) is 4.79. The second-order valence-electron chi connectivity index (χ2n) is 6.87. The number of para-hydroxylation sites is 1. The molecule has 1 aliphatic rings. The number of carbonyl (C=O) groups excluding carboxylic acids is 1. The van der Waals surface area contributed by atoms with Crippen molar-refractivity contribution in [3.05, 3.63) is 30.3 Å². The van der Waals surface area contributed by atoms with Gasteiger partial charge in [0.25, 0.3) is 0 Å². The number of nitrogens with one attached hydrogen (secondary N) is 1. The van der Waals surface area contributed by atoms with Gasteiger partial charge in [-0.25, -0.2) is 8.42 Å². The Morgan fingerprint density at radius 3 is 2.20 bits per heavy atom. The topological polar surface area (TPSA) is 66.5 Å². The number of amides is 1. The molecule has 6 heteroatoms. The average Bonchev–Trinajstić information content (AvgIpc) is 2.54. The van der Waals surface area contributed by atoms with Crippen molar-refractivity contribution in [2.45, 2.75) is 70.4 Å². The molecule has 0 radical (unpaired) electrons. The van der Waals surface area contributed by atoms with Crippen molar-refractivity contribution in [2.75, 3.05) is 10.6 Å². The van der Waals surface area contributed by atoms with Crippen LogP contribution in [0.15, 0.2) is 30.3 Å². The van der Waals surface area contributed by atoms with Gasteiger partial charge in [-0.3, -0.25) is 9.10 Å². The first-order valence-corrected chi connectivity index (χ1v) is 11.1. The van der Waals surface area contributed by atoms with Gasteiger partial charge < -0.3 is 5.32 Å². The zero-order valence-electron chi connectivity index (χ0n) is 15.3. The minimum atomic E-state index is -3.56. The quantitative estimate of drug-likeness (QED) is 0.838. The lowest BCUT2D eigenvalue weighted by Crippen LogP contribution is -2.51. The van der Waals surface area contributed by atoms with Crippen molar-refractivity contribution < 1.29 is 13.2 Å². The molecule has 0 aromatic heterocycles. The molecule has 0 bridgehead atoms. The summed E-state index contributed by atoms with van der Waals surface area (Å²) in [6.45, 7) is 1.85. The van der Waals surface area contributed by atoms with Gasteiger partial charge >= 0.3 is 0 Å². The monoisotopic (exact) mass is 366 g/mol. The Hall–Kier alpha value is -1.56. The predicted molar refractivity (Wildman–Crippen MR) is 102 cm³/mol. The largest absolute Gasteiger partial charge is 0.352 e. The Kier molecular flexibility index (Phi) is 7.29. The summed E-state index contributed by atoms with van der Waals surface area (Å²) in [5.74, 6) is -0.192. The lowest BCUT2D eigenvalue weighted by atomic mass is 9.96. The Morgan fingerprint density at radius 2 is 1.68 bits per heavy atom. The predicted octanol–water partition coefficient (Wildman–Crippen LogP) is 3.46. The summed E-state index contributed by atoms with van der Waals surface area (Å²) < 4.78 is 26.0. The van der Waals surface area contributed by atoms with E-state index in [1.807, 2.05) is 13.0 Å². The van der Waals surface area contributed by atoms with E-state index in [-0.39, 0.29) is 11.9 Å². The molecule has 1 aromatic rings. The zero-order chi connectivity index (χ0) is 18.3. The Morgan fingerprint density at radius 1 is 1.12 bits per heavy atom. The van der Waals surface area contributed by atoms with Gasteiger partial charge in [0.2, 0.25) is 15.9 Å². The van der Waals surface area contributed by atoms with Crippen molar-refractivity contribution in [2.24, 2.45) is 0 Å². The highest BCUT2D eigenvalue weighted by molar-refractivity contribution is 7.92. The van der Waals surface area contributed by atoms with Crippen molar-refractivity contribution in [1.29, 1.82) is 0 Å². The van der Waals surface area contributed by atoms with E-state index in [0.717, 1.165) is 31.9 Å². The fraction of sp³-hybridized carbons (Fsp3) is 0.632. The number of rotatable bonds is 6. The summed E-state index contributed by atoms with van der Waals surface area (Å²) in [4.78, 5) is 12.9. The van der Waals surface area contributed by atoms with Crippen LogP contribution in [0.5, 0.6) is 0 Å². The summed E-state index contributed by atoms with van der Waals surface area (Å²) in [5, 5.41) is 3.11. The van der Waals surface area contributed by atoms with Crippen LogP contribution in [0.25, 0.3) is 0 Å². The number of benzene rings is 1. The third-order valence-corrected chi connectivity index (χ3v) is 5.97. The van der Waals surface area contributed by atoms with Crippen LogP contribution < -0.4 is 9.62 Å².